The number of aryl methyl sites for hydroxylation is 1. The molecule has 1 saturated heterocycles. The lowest BCUT2D eigenvalue weighted by molar-refractivity contribution is 0.326. The molecule has 88 valence electrons. The molecule has 0 bridgehead atoms. The Morgan fingerprint density at radius 3 is 2.81 bits per heavy atom. The van der Waals surface area contributed by atoms with Crippen LogP contribution in [-0.2, 0) is 6.42 Å². The molecule has 1 nitrogen and oxygen atoms in total. The van der Waals surface area contributed by atoms with E-state index in [1.807, 2.05) is 13.0 Å². The summed E-state index contributed by atoms with van der Waals surface area (Å²) in [5.74, 6) is 0.664. The number of benzene rings is 1. The second-order valence-electron chi connectivity index (χ2n) is 5.06. The fourth-order valence-corrected chi connectivity index (χ4v) is 2.39. The summed E-state index contributed by atoms with van der Waals surface area (Å²) in [4.78, 5) is 0. The largest absolute Gasteiger partial charge is 0.313 e. The molecule has 1 N–H and O–H groups in total. The Labute approximate surface area is 97.1 Å². The summed E-state index contributed by atoms with van der Waals surface area (Å²) in [5, 5.41) is 3.57. The first-order valence-electron chi connectivity index (χ1n) is 6.13. The lowest BCUT2D eigenvalue weighted by atomic mass is 9.91. The maximum Gasteiger partial charge on any atom is 0.123 e. The molecule has 0 amide bonds. The quantitative estimate of drug-likeness (QED) is 0.809. The number of halogens is 1. The van der Waals surface area contributed by atoms with Gasteiger partial charge in [-0.05, 0) is 61.9 Å². The van der Waals surface area contributed by atoms with Crippen LogP contribution in [-0.4, -0.2) is 12.6 Å². The molecule has 2 rings (SSSR count). The van der Waals surface area contributed by atoms with Crippen molar-refractivity contribution in [3.05, 3.63) is 35.1 Å². The minimum absolute atomic E-state index is 0.133. The molecule has 0 aromatic heterocycles. The van der Waals surface area contributed by atoms with Gasteiger partial charge < -0.3 is 5.32 Å². The molecule has 1 heterocycles. The minimum atomic E-state index is -0.133. The van der Waals surface area contributed by atoms with Crippen molar-refractivity contribution in [1.29, 1.82) is 0 Å². The SMILES string of the molecule is Cc1cc(F)ccc1CC1CCC(C)CN1. The first kappa shape index (κ1) is 11.6. The summed E-state index contributed by atoms with van der Waals surface area (Å²) in [7, 11) is 0. The summed E-state index contributed by atoms with van der Waals surface area (Å²) in [6.07, 6.45) is 3.56. The van der Waals surface area contributed by atoms with Gasteiger partial charge in [0.2, 0.25) is 0 Å². The molecule has 2 heteroatoms. The van der Waals surface area contributed by atoms with E-state index in [2.05, 4.69) is 12.2 Å². The summed E-state index contributed by atoms with van der Waals surface area (Å²) in [5.41, 5.74) is 2.34. The lowest BCUT2D eigenvalue weighted by Crippen LogP contribution is -2.39. The van der Waals surface area contributed by atoms with E-state index in [9.17, 15) is 4.39 Å². The van der Waals surface area contributed by atoms with Crippen molar-refractivity contribution >= 4 is 0 Å². The van der Waals surface area contributed by atoms with Gasteiger partial charge in [0, 0.05) is 6.04 Å². The van der Waals surface area contributed by atoms with Gasteiger partial charge in [-0.15, -0.1) is 0 Å². The van der Waals surface area contributed by atoms with Gasteiger partial charge in [0.25, 0.3) is 0 Å². The van der Waals surface area contributed by atoms with E-state index in [1.165, 1.54) is 18.4 Å². The minimum Gasteiger partial charge on any atom is -0.313 e. The van der Waals surface area contributed by atoms with Crippen molar-refractivity contribution in [2.45, 2.75) is 39.2 Å². The molecule has 1 aromatic carbocycles. The molecule has 1 aliphatic heterocycles. The van der Waals surface area contributed by atoms with Gasteiger partial charge in [0.15, 0.2) is 0 Å². The van der Waals surface area contributed by atoms with E-state index >= 15 is 0 Å². The van der Waals surface area contributed by atoms with Crippen molar-refractivity contribution in [2.75, 3.05) is 6.54 Å². The Morgan fingerprint density at radius 1 is 1.38 bits per heavy atom. The summed E-state index contributed by atoms with van der Waals surface area (Å²) < 4.78 is 13.0. The Kier molecular flexibility index (Phi) is 3.59. The fourth-order valence-electron chi connectivity index (χ4n) is 2.39. The summed E-state index contributed by atoms with van der Waals surface area (Å²) >= 11 is 0. The van der Waals surface area contributed by atoms with Crippen LogP contribution in [0.4, 0.5) is 4.39 Å². The average Bonchev–Trinajstić information content (AvgIpc) is 2.25. The zero-order valence-corrected chi connectivity index (χ0v) is 10.1. The van der Waals surface area contributed by atoms with Gasteiger partial charge in [-0.25, -0.2) is 4.39 Å². The third-order valence-electron chi connectivity index (χ3n) is 3.53. The van der Waals surface area contributed by atoms with E-state index in [0.29, 0.717) is 6.04 Å². The van der Waals surface area contributed by atoms with Crippen molar-refractivity contribution in [3.63, 3.8) is 0 Å². The van der Waals surface area contributed by atoms with Crippen LogP contribution < -0.4 is 5.32 Å². The molecular weight excluding hydrogens is 201 g/mol. The molecule has 0 spiro atoms. The van der Waals surface area contributed by atoms with Crippen LogP contribution in [0.15, 0.2) is 18.2 Å². The third kappa shape index (κ3) is 2.82. The zero-order chi connectivity index (χ0) is 11.5. The second kappa shape index (κ2) is 4.96. The molecule has 0 aliphatic carbocycles. The van der Waals surface area contributed by atoms with Crippen molar-refractivity contribution in [2.24, 2.45) is 5.92 Å². The number of hydrogen-bond acceptors (Lipinski definition) is 1. The lowest BCUT2D eigenvalue weighted by Gasteiger charge is -2.28. The molecule has 1 aliphatic rings. The van der Waals surface area contributed by atoms with Crippen molar-refractivity contribution < 1.29 is 4.39 Å². The fraction of sp³-hybridized carbons (Fsp3) is 0.571. The Morgan fingerprint density at radius 2 is 2.19 bits per heavy atom. The first-order chi connectivity index (χ1) is 7.65. The van der Waals surface area contributed by atoms with Crippen LogP contribution in [0, 0.1) is 18.7 Å². The van der Waals surface area contributed by atoms with E-state index in [0.717, 1.165) is 24.4 Å². The van der Waals surface area contributed by atoms with E-state index in [-0.39, 0.29) is 5.82 Å². The topological polar surface area (TPSA) is 12.0 Å². The molecule has 2 atom stereocenters. The first-order valence-corrected chi connectivity index (χ1v) is 6.13. The standard InChI is InChI=1S/C14H20FN/c1-10-3-6-14(16-9-10)8-12-4-5-13(15)7-11(12)2/h4-5,7,10,14,16H,3,6,8-9H2,1-2H3. The van der Waals surface area contributed by atoms with Gasteiger partial charge in [-0.1, -0.05) is 13.0 Å². The van der Waals surface area contributed by atoms with Crippen LogP contribution in [0.1, 0.15) is 30.9 Å². The highest BCUT2D eigenvalue weighted by atomic mass is 19.1. The normalized spacial score (nSPS) is 25.7. The molecule has 1 aromatic rings. The van der Waals surface area contributed by atoms with Crippen molar-refractivity contribution in [3.8, 4) is 0 Å². The smallest absolute Gasteiger partial charge is 0.123 e. The highest BCUT2D eigenvalue weighted by molar-refractivity contribution is 5.27. The Balaban J connectivity index is 1.98. The van der Waals surface area contributed by atoms with Crippen molar-refractivity contribution in [1.82, 2.24) is 5.32 Å². The van der Waals surface area contributed by atoms with Crippen LogP contribution in [0.2, 0.25) is 0 Å². The van der Waals surface area contributed by atoms with Gasteiger partial charge in [0.1, 0.15) is 5.82 Å². The molecule has 0 radical (unpaired) electrons. The number of nitrogens with one attached hydrogen (secondary N) is 1. The maximum absolute atomic E-state index is 13.0. The predicted molar refractivity (Wildman–Crippen MR) is 65.0 cm³/mol. The molecule has 0 saturated carbocycles. The number of hydrogen-bond donors (Lipinski definition) is 1. The molecular formula is C14H20FN. The summed E-state index contributed by atoms with van der Waals surface area (Å²) in [6, 6.07) is 5.68. The van der Waals surface area contributed by atoms with E-state index in [1.54, 1.807) is 12.1 Å². The molecule has 16 heavy (non-hydrogen) atoms. The van der Waals surface area contributed by atoms with Gasteiger partial charge in [-0.2, -0.15) is 0 Å². The average molecular weight is 221 g/mol. The van der Waals surface area contributed by atoms with Gasteiger partial charge in [-0.3, -0.25) is 0 Å². The third-order valence-corrected chi connectivity index (χ3v) is 3.53. The van der Waals surface area contributed by atoms with Gasteiger partial charge >= 0.3 is 0 Å². The summed E-state index contributed by atoms with van der Waals surface area (Å²) in [6.45, 7) is 5.39. The highest BCUT2D eigenvalue weighted by Gasteiger charge is 2.18. The monoisotopic (exact) mass is 221 g/mol. The zero-order valence-electron chi connectivity index (χ0n) is 10.1. The van der Waals surface area contributed by atoms with E-state index in [4.69, 9.17) is 0 Å². The van der Waals surface area contributed by atoms with Crippen LogP contribution in [0.3, 0.4) is 0 Å². The maximum atomic E-state index is 13.0. The number of rotatable bonds is 2. The van der Waals surface area contributed by atoms with Crippen LogP contribution in [0.5, 0.6) is 0 Å². The van der Waals surface area contributed by atoms with E-state index < -0.39 is 0 Å². The predicted octanol–water partition coefficient (Wildman–Crippen LogP) is 3.06. The highest BCUT2D eigenvalue weighted by Crippen LogP contribution is 2.19. The molecule has 1 fully saturated rings. The van der Waals surface area contributed by atoms with Gasteiger partial charge in [0.05, 0.1) is 0 Å². The number of piperidine rings is 1. The Hall–Kier alpha value is -0.890. The van der Waals surface area contributed by atoms with Crippen LogP contribution >= 0.6 is 0 Å². The molecule has 2 unspecified atom stereocenters. The van der Waals surface area contributed by atoms with Crippen LogP contribution in [0.25, 0.3) is 0 Å². The Bertz CT molecular complexity index is 354. The second-order valence-corrected chi connectivity index (χ2v) is 5.06.